The Morgan fingerprint density at radius 1 is 1.56 bits per heavy atom. The Hall–Kier alpha value is -0.870. The first-order valence-electron chi connectivity index (χ1n) is 5.36. The summed E-state index contributed by atoms with van der Waals surface area (Å²) in [5.41, 5.74) is 0.774. The fourth-order valence-electron chi connectivity index (χ4n) is 1.14. The first-order valence-corrected chi connectivity index (χ1v) is 6.30. The van der Waals surface area contributed by atoms with Gasteiger partial charge in [0, 0.05) is 6.54 Å². The third-order valence-corrected chi connectivity index (χ3v) is 2.68. The summed E-state index contributed by atoms with van der Waals surface area (Å²) in [6.45, 7) is 8.13. The van der Waals surface area contributed by atoms with Crippen molar-refractivity contribution in [2.45, 2.75) is 45.9 Å². The molecule has 0 radical (unpaired) electrons. The van der Waals surface area contributed by atoms with Crippen molar-refractivity contribution in [2.75, 3.05) is 0 Å². The van der Waals surface area contributed by atoms with Gasteiger partial charge in [0.1, 0.15) is 11.6 Å². The third-order valence-electron chi connectivity index (χ3n) is 1.95. The number of ether oxygens (including phenoxy) is 1. The molecule has 0 aliphatic carbocycles. The van der Waals surface area contributed by atoms with Crippen molar-refractivity contribution >= 4 is 17.3 Å². The Kier molecular flexibility index (Phi) is 4.50. The average Bonchev–Trinajstić information content (AvgIpc) is 2.63. The van der Waals surface area contributed by atoms with Gasteiger partial charge in [-0.3, -0.25) is 4.79 Å². The summed E-state index contributed by atoms with van der Waals surface area (Å²) in [6.07, 6.45) is 0. The van der Waals surface area contributed by atoms with Gasteiger partial charge >= 0.3 is 5.97 Å². The fourth-order valence-corrected chi connectivity index (χ4v) is 1.81. The number of carbonyl (C=O) groups is 1. The number of hydrogen-bond donors (Lipinski definition) is 1. The molecule has 0 fully saturated rings. The molecule has 0 unspecified atom stereocenters. The minimum atomic E-state index is -0.421. The molecule has 1 atom stereocenters. The van der Waals surface area contributed by atoms with Crippen LogP contribution < -0.4 is 5.32 Å². The van der Waals surface area contributed by atoms with Crippen LogP contribution in [0.15, 0.2) is 16.8 Å². The maximum absolute atomic E-state index is 11.6. The highest BCUT2D eigenvalue weighted by Gasteiger charge is 2.21. The van der Waals surface area contributed by atoms with Crippen LogP contribution in [-0.4, -0.2) is 17.6 Å². The number of rotatable bonds is 4. The molecule has 90 valence electrons. The zero-order valence-corrected chi connectivity index (χ0v) is 11.1. The van der Waals surface area contributed by atoms with Crippen LogP contribution in [0.4, 0.5) is 0 Å². The number of nitrogens with one attached hydrogen (secondary N) is 1. The lowest BCUT2D eigenvalue weighted by atomic mass is 10.2. The Labute approximate surface area is 101 Å². The van der Waals surface area contributed by atoms with E-state index in [0.29, 0.717) is 6.54 Å². The van der Waals surface area contributed by atoms with Gasteiger partial charge in [-0.25, -0.2) is 0 Å². The normalized spacial score (nSPS) is 13.5. The summed E-state index contributed by atoms with van der Waals surface area (Å²) in [4.78, 5) is 11.6. The van der Waals surface area contributed by atoms with E-state index in [4.69, 9.17) is 4.74 Å². The van der Waals surface area contributed by atoms with E-state index in [1.165, 1.54) is 5.56 Å². The van der Waals surface area contributed by atoms with E-state index in [1.54, 1.807) is 11.3 Å². The molecule has 0 aromatic carbocycles. The minimum absolute atomic E-state index is 0.206. The molecule has 0 saturated heterocycles. The molecule has 16 heavy (non-hydrogen) atoms. The van der Waals surface area contributed by atoms with Crippen LogP contribution in [-0.2, 0) is 16.1 Å². The van der Waals surface area contributed by atoms with Crippen molar-refractivity contribution in [2.24, 2.45) is 0 Å². The molecular weight excluding hydrogens is 222 g/mol. The summed E-state index contributed by atoms with van der Waals surface area (Å²) < 4.78 is 5.27. The second kappa shape index (κ2) is 5.46. The van der Waals surface area contributed by atoms with Gasteiger partial charge in [-0.1, -0.05) is 0 Å². The minimum Gasteiger partial charge on any atom is -0.459 e. The summed E-state index contributed by atoms with van der Waals surface area (Å²) in [6, 6.07) is 1.76. The van der Waals surface area contributed by atoms with Gasteiger partial charge in [0.25, 0.3) is 0 Å². The molecule has 1 rings (SSSR count). The van der Waals surface area contributed by atoms with E-state index in [-0.39, 0.29) is 12.0 Å². The topological polar surface area (TPSA) is 38.3 Å². The monoisotopic (exact) mass is 241 g/mol. The van der Waals surface area contributed by atoms with Crippen LogP contribution in [0.5, 0.6) is 0 Å². The molecular formula is C12H19NO2S. The molecule has 4 heteroatoms. The highest BCUT2D eigenvalue weighted by molar-refractivity contribution is 7.07. The van der Waals surface area contributed by atoms with Gasteiger partial charge in [0.05, 0.1) is 0 Å². The molecule has 0 bridgehead atoms. The highest BCUT2D eigenvalue weighted by atomic mass is 32.1. The Bertz CT molecular complexity index is 327. The van der Waals surface area contributed by atoms with Crippen LogP contribution >= 0.6 is 11.3 Å². The van der Waals surface area contributed by atoms with Gasteiger partial charge in [-0.05, 0) is 50.1 Å². The van der Waals surface area contributed by atoms with E-state index in [2.05, 4.69) is 10.7 Å². The van der Waals surface area contributed by atoms with Crippen LogP contribution in [0.1, 0.15) is 33.3 Å². The van der Waals surface area contributed by atoms with Crippen LogP contribution in [0.2, 0.25) is 0 Å². The Morgan fingerprint density at radius 2 is 2.25 bits per heavy atom. The zero-order valence-electron chi connectivity index (χ0n) is 10.2. The van der Waals surface area contributed by atoms with Crippen LogP contribution in [0.3, 0.4) is 0 Å². The van der Waals surface area contributed by atoms with E-state index in [0.717, 1.165) is 0 Å². The van der Waals surface area contributed by atoms with Crippen LogP contribution in [0, 0.1) is 0 Å². The Balaban J connectivity index is 2.35. The Morgan fingerprint density at radius 3 is 2.75 bits per heavy atom. The molecule has 1 aromatic heterocycles. The van der Waals surface area contributed by atoms with Gasteiger partial charge < -0.3 is 10.1 Å². The number of hydrogen-bond acceptors (Lipinski definition) is 4. The van der Waals surface area contributed by atoms with Crippen molar-refractivity contribution in [3.63, 3.8) is 0 Å². The maximum atomic E-state index is 11.6. The standard InChI is InChI=1S/C12H19NO2S/c1-9(11(14)15-12(2,3)4)13-7-10-5-6-16-8-10/h5-6,8-9,13H,7H2,1-4H3/t9-/m0/s1. The fraction of sp³-hybridized carbons (Fsp3) is 0.583. The molecule has 0 aliphatic heterocycles. The molecule has 0 aliphatic rings. The lowest BCUT2D eigenvalue weighted by molar-refractivity contribution is -0.157. The lowest BCUT2D eigenvalue weighted by Crippen LogP contribution is -2.38. The highest BCUT2D eigenvalue weighted by Crippen LogP contribution is 2.09. The van der Waals surface area contributed by atoms with Crippen molar-refractivity contribution in [1.29, 1.82) is 0 Å². The number of carbonyl (C=O) groups excluding carboxylic acids is 1. The predicted octanol–water partition coefficient (Wildman–Crippen LogP) is 2.57. The number of thiophene rings is 1. The van der Waals surface area contributed by atoms with E-state index in [1.807, 2.05) is 39.1 Å². The summed E-state index contributed by atoms with van der Waals surface area (Å²) in [7, 11) is 0. The van der Waals surface area contributed by atoms with Crippen molar-refractivity contribution in [3.8, 4) is 0 Å². The summed E-state index contributed by atoms with van der Waals surface area (Å²) >= 11 is 1.65. The van der Waals surface area contributed by atoms with Gasteiger partial charge in [0.15, 0.2) is 0 Å². The van der Waals surface area contributed by atoms with E-state index >= 15 is 0 Å². The van der Waals surface area contributed by atoms with Crippen molar-refractivity contribution < 1.29 is 9.53 Å². The molecule has 1 N–H and O–H groups in total. The van der Waals surface area contributed by atoms with Crippen molar-refractivity contribution in [3.05, 3.63) is 22.4 Å². The second-order valence-corrected chi connectivity index (χ2v) is 5.55. The quantitative estimate of drug-likeness (QED) is 0.823. The molecule has 0 saturated carbocycles. The van der Waals surface area contributed by atoms with Crippen molar-refractivity contribution in [1.82, 2.24) is 5.32 Å². The third kappa shape index (κ3) is 4.77. The number of esters is 1. The second-order valence-electron chi connectivity index (χ2n) is 4.77. The molecule has 1 heterocycles. The van der Waals surface area contributed by atoms with Crippen LogP contribution in [0.25, 0.3) is 0 Å². The molecule has 0 spiro atoms. The largest absolute Gasteiger partial charge is 0.459 e. The molecule has 3 nitrogen and oxygen atoms in total. The first-order chi connectivity index (χ1) is 7.38. The first kappa shape index (κ1) is 13.2. The van der Waals surface area contributed by atoms with Gasteiger partial charge in [-0.2, -0.15) is 11.3 Å². The summed E-state index contributed by atoms with van der Waals surface area (Å²) in [5, 5.41) is 7.23. The predicted molar refractivity (Wildman–Crippen MR) is 66.5 cm³/mol. The zero-order chi connectivity index (χ0) is 12.2. The average molecular weight is 241 g/mol. The maximum Gasteiger partial charge on any atom is 0.323 e. The smallest absolute Gasteiger partial charge is 0.323 e. The van der Waals surface area contributed by atoms with E-state index in [9.17, 15) is 4.79 Å². The van der Waals surface area contributed by atoms with E-state index < -0.39 is 5.60 Å². The molecule has 0 amide bonds. The molecule has 1 aromatic rings. The SMILES string of the molecule is C[C@H](NCc1ccsc1)C(=O)OC(C)(C)C. The van der Waals surface area contributed by atoms with Gasteiger partial charge in [-0.15, -0.1) is 0 Å². The van der Waals surface area contributed by atoms with Gasteiger partial charge in [0.2, 0.25) is 0 Å². The summed E-state index contributed by atoms with van der Waals surface area (Å²) in [5.74, 6) is -0.206. The lowest BCUT2D eigenvalue weighted by Gasteiger charge is -2.22.